The third kappa shape index (κ3) is 2.61. The van der Waals surface area contributed by atoms with Gasteiger partial charge in [0.1, 0.15) is 5.82 Å². The molecule has 2 heterocycles. The molecule has 0 saturated carbocycles. The Morgan fingerprint density at radius 3 is 2.61 bits per heavy atom. The number of aryl methyl sites for hydroxylation is 1. The molecule has 3 amide bonds. The van der Waals surface area contributed by atoms with Crippen molar-refractivity contribution in [1.82, 2.24) is 14.7 Å². The molecule has 7 heteroatoms. The van der Waals surface area contributed by atoms with Gasteiger partial charge in [0, 0.05) is 32.1 Å². The number of rotatable bonds is 2. The molecule has 98 valence electrons. The average molecular weight is 251 g/mol. The lowest BCUT2D eigenvalue weighted by Crippen LogP contribution is -2.43. The van der Waals surface area contributed by atoms with Crippen molar-refractivity contribution in [3.05, 3.63) is 12.3 Å². The SMILES string of the molecule is Cn1nccc1NC(=O)N1CCC(C(N)=O)CC1. The summed E-state index contributed by atoms with van der Waals surface area (Å²) in [7, 11) is 1.76. The van der Waals surface area contributed by atoms with Crippen LogP contribution in [0.3, 0.4) is 0 Å². The topological polar surface area (TPSA) is 93.2 Å². The molecule has 1 aliphatic heterocycles. The molecule has 0 atom stereocenters. The number of amides is 3. The molecular formula is C11H17N5O2. The number of aromatic nitrogens is 2. The monoisotopic (exact) mass is 251 g/mol. The number of carbonyl (C=O) groups is 2. The fourth-order valence-electron chi connectivity index (χ4n) is 2.05. The number of nitrogens with one attached hydrogen (secondary N) is 1. The molecule has 1 aromatic rings. The first-order chi connectivity index (χ1) is 8.58. The maximum atomic E-state index is 12.0. The predicted octanol–water partition coefficient (Wildman–Crippen LogP) is 0.149. The fraction of sp³-hybridized carbons (Fsp3) is 0.545. The lowest BCUT2D eigenvalue weighted by atomic mass is 9.96. The van der Waals surface area contributed by atoms with E-state index in [0.717, 1.165) is 0 Å². The van der Waals surface area contributed by atoms with Gasteiger partial charge in [0.2, 0.25) is 5.91 Å². The number of urea groups is 1. The molecule has 0 bridgehead atoms. The Bertz CT molecular complexity index is 448. The van der Waals surface area contributed by atoms with E-state index in [2.05, 4.69) is 10.4 Å². The predicted molar refractivity (Wildman–Crippen MR) is 65.7 cm³/mol. The number of nitrogens with two attached hydrogens (primary N) is 1. The van der Waals surface area contributed by atoms with E-state index in [1.165, 1.54) is 0 Å². The van der Waals surface area contributed by atoms with Crippen molar-refractivity contribution in [3.8, 4) is 0 Å². The van der Waals surface area contributed by atoms with Gasteiger partial charge < -0.3 is 10.6 Å². The number of carbonyl (C=O) groups excluding carboxylic acids is 2. The molecular weight excluding hydrogens is 234 g/mol. The Morgan fingerprint density at radius 2 is 2.11 bits per heavy atom. The van der Waals surface area contributed by atoms with Crippen molar-refractivity contribution >= 4 is 17.8 Å². The second kappa shape index (κ2) is 5.07. The number of piperidine rings is 1. The van der Waals surface area contributed by atoms with Gasteiger partial charge in [0.05, 0.1) is 6.20 Å². The first-order valence-electron chi connectivity index (χ1n) is 5.91. The van der Waals surface area contributed by atoms with Crippen LogP contribution in [-0.2, 0) is 11.8 Å². The van der Waals surface area contributed by atoms with E-state index in [-0.39, 0.29) is 17.9 Å². The standard InChI is InChI=1S/C11H17N5O2/c1-15-9(2-5-13-15)14-11(18)16-6-3-8(4-7-16)10(12)17/h2,5,8H,3-4,6-7H2,1H3,(H2,12,17)(H,14,18). The van der Waals surface area contributed by atoms with Gasteiger partial charge in [-0.05, 0) is 12.8 Å². The van der Waals surface area contributed by atoms with Crippen LogP contribution in [0.15, 0.2) is 12.3 Å². The number of hydrogen-bond donors (Lipinski definition) is 2. The number of nitrogens with zero attached hydrogens (tertiary/aromatic N) is 3. The normalized spacial score (nSPS) is 16.6. The zero-order valence-corrected chi connectivity index (χ0v) is 10.3. The Balaban J connectivity index is 1.88. The molecule has 3 N–H and O–H groups in total. The second-order valence-corrected chi connectivity index (χ2v) is 4.43. The third-order valence-corrected chi connectivity index (χ3v) is 3.24. The van der Waals surface area contributed by atoms with Crippen LogP contribution in [-0.4, -0.2) is 39.7 Å². The van der Waals surface area contributed by atoms with E-state index in [9.17, 15) is 9.59 Å². The van der Waals surface area contributed by atoms with Crippen LogP contribution >= 0.6 is 0 Å². The molecule has 0 radical (unpaired) electrons. The van der Waals surface area contributed by atoms with Crippen molar-refractivity contribution < 1.29 is 9.59 Å². The van der Waals surface area contributed by atoms with E-state index < -0.39 is 0 Å². The zero-order valence-electron chi connectivity index (χ0n) is 10.3. The van der Waals surface area contributed by atoms with Gasteiger partial charge in [-0.15, -0.1) is 0 Å². The van der Waals surface area contributed by atoms with Crippen molar-refractivity contribution in [3.63, 3.8) is 0 Å². The van der Waals surface area contributed by atoms with Gasteiger partial charge in [0.25, 0.3) is 0 Å². The Morgan fingerprint density at radius 1 is 1.44 bits per heavy atom. The molecule has 0 aliphatic carbocycles. The Hall–Kier alpha value is -2.05. The highest BCUT2D eigenvalue weighted by atomic mass is 16.2. The van der Waals surface area contributed by atoms with Crippen LogP contribution in [0, 0.1) is 5.92 Å². The molecule has 0 spiro atoms. The lowest BCUT2D eigenvalue weighted by Gasteiger charge is -2.30. The summed E-state index contributed by atoms with van der Waals surface area (Å²) < 4.78 is 1.59. The summed E-state index contributed by atoms with van der Waals surface area (Å²) in [5, 5.41) is 6.75. The van der Waals surface area contributed by atoms with E-state index >= 15 is 0 Å². The van der Waals surface area contributed by atoms with E-state index in [1.54, 1.807) is 28.9 Å². The zero-order chi connectivity index (χ0) is 13.1. The van der Waals surface area contributed by atoms with Crippen LogP contribution in [0.5, 0.6) is 0 Å². The number of primary amides is 1. The van der Waals surface area contributed by atoms with Crippen LogP contribution in [0.4, 0.5) is 10.6 Å². The summed E-state index contributed by atoms with van der Waals surface area (Å²) in [5.74, 6) is 0.268. The molecule has 0 unspecified atom stereocenters. The first kappa shape index (κ1) is 12.4. The van der Waals surface area contributed by atoms with Crippen LogP contribution in [0.1, 0.15) is 12.8 Å². The summed E-state index contributed by atoms with van der Waals surface area (Å²) in [6.45, 7) is 1.11. The van der Waals surface area contributed by atoms with Gasteiger partial charge in [0.15, 0.2) is 0 Å². The van der Waals surface area contributed by atoms with Crippen LogP contribution in [0.25, 0.3) is 0 Å². The van der Waals surface area contributed by atoms with Gasteiger partial charge in [-0.3, -0.25) is 14.8 Å². The maximum Gasteiger partial charge on any atom is 0.322 e. The Kier molecular flexibility index (Phi) is 3.50. The van der Waals surface area contributed by atoms with Crippen molar-refractivity contribution in [2.24, 2.45) is 18.7 Å². The largest absolute Gasteiger partial charge is 0.369 e. The minimum absolute atomic E-state index is 0.106. The second-order valence-electron chi connectivity index (χ2n) is 4.43. The van der Waals surface area contributed by atoms with Crippen LogP contribution < -0.4 is 11.1 Å². The molecule has 1 aromatic heterocycles. The van der Waals surface area contributed by atoms with Crippen molar-refractivity contribution in [1.29, 1.82) is 0 Å². The summed E-state index contributed by atoms with van der Waals surface area (Å²) in [4.78, 5) is 24.7. The Labute approximate surface area is 105 Å². The minimum atomic E-state index is -0.276. The summed E-state index contributed by atoms with van der Waals surface area (Å²) in [5.41, 5.74) is 5.25. The molecule has 1 fully saturated rings. The van der Waals surface area contributed by atoms with Gasteiger partial charge >= 0.3 is 6.03 Å². The average Bonchev–Trinajstić information content (AvgIpc) is 2.75. The lowest BCUT2D eigenvalue weighted by molar-refractivity contribution is -0.122. The number of likely N-dealkylation sites (tertiary alicyclic amines) is 1. The highest BCUT2D eigenvalue weighted by Crippen LogP contribution is 2.17. The maximum absolute atomic E-state index is 12.0. The third-order valence-electron chi connectivity index (χ3n) is 3.24. The number of hydrogen-bond acceptors (Lipinski definition) is 3. The summed E-state index contributed by atoms with van der Waals surface area (Å²) >= 11 is 0. The minimum Gasteiger partial charge on any atom is -0.369 e. The fourth-order valence-corrected chi connectivity index (χ4v) is 2.05. The van der Waals surface area contributed by atoms with Crippen LogP contribution in [0.2, 0.25) is 0 Å². The van der Waals surface area contributed by atoms with Crippen molar-refractivity contribution in [2.45, 2.75) is 12.8 Å². The highest BCUT2D eigenvalue weighted by molar-refractivity contribution is 5.88. The van der Waals surface area contributed by atoms with E-state index in [4.69, 9.17) is 5.73 Å². The van der Waals surface area contributed by atoms with Gasteiger partial charge in [-0.25, -0.2) is 4.79 Å². The molecule has 1 saturated heterocycles. The summed E-state index contributed by atoms with van der Waals surface area (Å²) in [6.07, 6.45) is 2.89. The number of anilines is 1. The molecule has 0 aromatic carbocycles. The molecule has 2 rings (SSSR count). The smallest absolute Gasteiger partial charge is 0.322 e. The van der Waals surface area contributed by atoms with Gasteiger partial charge in [-0.2, -0.15) is 5.10 Å². The van der Waals surface area contributed by atoms with E-state index in [0.29, 0.717) is 31.7 Å². The first-order valence-corrected chi connectivity index (χ1v) is 5.91. The van der Waals surface area contributed by atoms with E-state index in [1.807, 2.05) is 0 Å². The quantitative estimate of drug-likeness (QED) is 0.783. The highest BCUT2D eigenvalue weighted by Gasteiger charge is 2.26. The molecule has 1 aliphatic rings. The summed E-state index contributed by atoms with van der Waals surface area (Å²) in [6, 6.07) is 1.56. The van der Waals surface area contributed by atoms with Gasteiger partial charge in [-0.1, -0.05) is 0 Å². The van der Waals surface area contributed by atoms with Crippen molar-refractivity contribution in [2.75, 3.05) is 18.4 Å². The molecule has 7 nitrogen and oxygen atoms in total. The molecule has 18 heavy (non-hydrogen) atoms.